The Morgan fingerprint density at radius 1 is 1.47 bits per heavy atom. The summed E-state index contributed by atoms with van der Waals surface area (Å²) in [6.07, 6.45) is 4.04. The largest absolute Gasteiger partial charge is 0.384 e. The summed E-state index contributed by atoms with van der Waals surface area (Å²) in [6.45, 7) is 3.10. The second-order valence-electron chi connectivity index (χ2n) is 5.11. The van der Waals surface area contributed by atoms with Gasteiger partial charge in [-0.3, -0.25) is 5.41 Å². The van der Waals surface area contributed by atoms with E-state index in [0.717, 1.165) is 29.3 Å². The van der Waals surface area contributed by atoms with E-state index in [1.807, 2.05) is 13.0 Å². The molecule has 1 saturated carbocycles. The molecule has 1 aromatic carbocycles. The third-order valence-electron chi connectivity index (χ3n) is 3.61. The van der Waals surface area contributed by atoms with Gasteiger partial charge < -0.3 is 10.6 Å². The molecule has 0 saturated heterocycles. The molecule has 1 aliphatic carbocycles. The van der Waals surface area contributed by atoms with Crippen molar-refractivity contribution in [2.75, 3.05) is 18.5 Å². The van der Waals surface area contributed by atoms with Gasteiger partial charge in [-0.05, 0) is 37.8 Å². The standard InChI is InChI=1S/C14H21N3/c1-10-6-7-13(12(8-10)14(15)16)17(2)9-11-4-3-5-11/h6-8,11H,3-5,9H2,1-2H3,(H3,15,16). The van der Waals surface area contributed by atoms with E-state index in [-0.39, 0.29) is 5.84 Å². The Labute approximate surface area is 103 Å². The molecule has 17 heavy (non-hydrogen) atoms. The number of nitrogens with two attached hydrogens (primary N) is 1. The molecule has 1 aromatic rings. The van der Waals surface area contributed by atoms with E-state index in [1.165, 1.54) is 19.3 Å². The Balaban J connectivity index is 2.20. The van der Waals surface area contributed by atoms with Crippen molar-refractivity contribution < 1.29 is 0 Å². The molecule has 0 amide bonds. The minimum absolute atomic E-state index is 0.157. The summed E-state index contributed by atoms with van der Waals surface area (Å²) < 4.78 is 0. The second-order valence-corrected chi connectivity index (χ2v) is 5.11. The molecule has 0 bridgehead atoms. The minimum Gasteiger partial charge on any atom is -0.384 e. The highest BCUT2D eigenvalue weighted by molar-refractivity contribution is 6.00. The highest BCUT2D eigenvalue weighted by atomic mass is 15.1. The summed E-state index contributed by atoms with van der Waals surface area (Å²) in [6, 6.07) is 6.15. The zero-order valence-corrected chi connectivity index (χ0v) is 10.7. The van der Waals surface area contributed by atoms with E-state index in [1.54, 1.807) is 0 Å². The van der Waals surface area contributed by atoms with E-state index in [0.29, 0.717) is 0 Å². The lowest BCUT2D eigenvalue weighted by molar-refractivity contribution is 0.321. The van der Waals surface area contributed by atoms with Crippen molar-refractivity contribution in [3.8, 4) is 0 Å². The Kier molecular flexibility index (Phi) is 3.36. The van der Waals surface area contributed by atoms with Gasteiger partial charge in [-0.25, -0.2) is 0 Å². The first kappa shape index (κ1) is 12.0. The van der Waals surface area contributed by atoms with Gasteiger partial charge in [-0.2, -0.15) is 0 Å². The van der Waals surface area contributed by atoms with Crippen LogP contribution in [0.4, 0.5) is 5.69 Å². The van der Waals surface area contributed by atoms with Crippen molar-refractivity contribution in [1.82, 2.24) is 0 Å². The number of amidine groups is 1. The van der Waals surface area contributed by atoms with E-state index in [9.17, 15) is 0 Å². The smallest absolute Gasteiger partial charge is 0.124 e. The van der Waals surface area contributed by atoms with Crippen molar-refractivity contribution in [1.29, 1.82) is 5.41 Å². The minimum atomic E-state index is 0.157. The average molecular weight is 231 g/mol. The van der Waals surface area contributed by atoms with Crippen molar-refractivity contribution in [3.05, 3.63) is 29.3 Å². The molecule has 0 atom stereocenters. The molecular weight excluding hydrogens is 210 g/mol. The summed E-state index contributed by atoms with van der Waals surface area (Å²) in [5.74, 6) is 0.977. The molecule has 92 valence electrons. The van der Waals surface area contributed by atoms with E-state index >= 15 is 0 Å². The zero-order valence-electron chi connectivity index (χ0n) is 10.7. The van der Waals surface area contributed by atoms with Crippen LogP contribution in [0.15, 0.2) is 18.2 Å². The van der Waals surface area contributed by atoms with Gasteiger partial charge in [0.15, 0.2) is 0 Å². The third kappa shape index (κ3) is 2.60. The Hall–Kier alpha value is -1.51. The quantitative estimate of drug-likeness (QED) is 0.618. The van der Waals surface area contributed by atoms with Crippen molar-refractivity contribution in [2.45, 2.75) is 26.2 Å². The molecule has 0 spiro atoms. The highest BCUT2D eigenvalue weighted by Crippen LogP contribution is 2.29. The van der Waals surface area contributed by atoms with Crippen LogP contribution in [0.1, 0.15) is 30.4 Å². The Morgan fingerprint density at radius 2 is 2.18 bits per heavy atom. The summed E-state index contributed by atoms with van der Waals surface area (Å²) in [5.41, 5.74) is 8.74. The number of hydrogen-bond acceptors (Lipinski definition) is 2. The van der Waals surface area contributed by atoms with Crippen LogP contribution < -0.4 is 10.6 Å². The Bertz CT molecular complexity index is 421. The van der Waals surface area contributed by atoms with Gasteiger partial charge in [0.1, 0.15) is 5.84 Å². The predicted octanol–water partition coefficient (Wildman–Crippen LogP) is 2.52. The number of rotatable bonds is 4. The molecule has 0 radical (unpaired) electrons. The van der Waals surface area contributed by atoms with E-state index in [4.69, 9.17) is 11.1 Å². The predicted molar refractivity (Wildman–Crippen MR) is 72.8 cm³/mol. The first-order valence-corrected chi connectivity index (χ1v) is 6.24. The molecular formula is C14H21N3. The summed E-state index contributed by atoms with van der Waals surface area (Å²) in [4.78, 5) is 2.24. The van der Waals surface area contributed by atoms with Gasteiger partial charge in [-0.15, -0.1) is 0 Å². The number of nitrogens with zero attached hydrogens (tertiary/aromatic N) is 1. The molecule has 0 heterocycles. The van der Waals surface area contributed by atoms with Crippen LogP contribution in [0.25, 0.3) is 0 Å². The maximum atomic E-state index is 7.66. The molecule has 2 rings (SSSR count). The molecule has 3 nitrogen and oxygen atoms in total. The molecule has 0 unspecified atom stereocenters. The molecule has 1 aliphatic rings. The average Bonchev–Trinajstić information content (AvgIpc) is 2.23. The van der Waals surface area contributed by atoms with Crippen LogP contribution in [0.3, 0.4) is 0 Å². The lowest BCUT2D eigenvalue weighted by Crippen LogP contribution is -2.31. The second kappa shape index (κ2) is 4.78. The van der Waals surface area contributed by atoms with E-state index < -0.39 is 0 Å². The van der Waals surface area contributed by atoms with Crippen LogP contribution in [0, 0.1) is 18.3 Å². The normalized spacial score (nSPS) is 15.4. The van der Waals surface area contributed by atoms with Gasteiger partial charge in [0.25, 0.3) is 0 Å². The van der Waals surface area contributed by atoms with Crippen molar-refractivity contribution >= 4 is 11.5 Å². The first-order chi connectivity index (χ1) is 8.08. The van der Waals surface area contributed by atoms with Gasteiger partial charge in [0.2, 0.25) is 0 Å². The van der Waals surface area contributed by atoms with Gasteiger partial charge in [0.05, 0.1) is 0 Å². The summed E-state index contributed by atoms with van der Waals surface area (Å²) in [7, 11) is 2.09. The topological polar surface area (TPSA) is 53.1 Å². The number of anilines is 1. The SMILES string of the molecule is Cc1ccc(N(C)CC2CCC2)c(C(=N)N)c1. The van der Waals surface area contributed by atoms with Gasteiger partial charge >= 0.3 is 0 Å². The highest BCUT2D eigenvalue weighted by Gasteiger charge is 2.20. The molecule has 0 aromatic heterocycles. The first-order valence-electron chi connectivity index (χ1n) is 6.24. The van der Waals surface area contributed by atoms with Crippen LogP contribution in [0.5, 0.6) is 0 Å². The fraction of sp³-hybridized carbons (Fsp3) is 0.500. The number of benzene rings is 1. The maximum absolute atomic E-state index is 7.66. The van der Waals surface area contributed by atoms with Crippen molar-refractivity contribution in [2.24, 2.45) is 11.7 Å². The van der Waals surface area contributed by atoms with Crippen LogP contribution in [-0.4, -0.2) is 19.4 Å². The molecule has 3 heteroatoms. The van der Waals surface area contributed by atoms with Crippen LogP contribution in [-0.2, 0) is 0 Å². The molecule has 3 N–H and O–H groups in total. The summed E-state index contributed by atoms with van der Waals surface area (Å²) in [5, 5.41) is 7.66. The number of hydrogen-bond donors (Lipinski definition) is 2. The zero-order chi connectivity index (χ0) is 12.4. The fourth-order valence-electron chi connectivity index (χ4n) is 2.36. The van der Waals surface area contributed by atoms with Gasteiger partial charge in [0, 0.05) is 24.8 Å². The third-order valence-corrected chi connectivity index (χ3v) is 3.61. The summed E-state index contributed by atoms with van der Waals surface area (Å²) >= 11 is 0. The Morgan fingerprint density at radius 3 is 2.71 bits per heavy atom. The van der Waals surface area contributed by atoms with Crippen molar-refractivity contribution in [3.63, 3.8) is 0 Å². The van der Waals surface area contributed by atoms with E-state index in [2.05, 4.69) is 24.1 Å². The fourth-order valence-corrected chi connectivity index (χ4v) is 2.36. The monoisotopic (exact) mass is 231 g/mol. The number of nitrogen functional groups attached to an aromatic ring is 1. The molecule has 1 fully saturated rings. The maximum Gasteiger partial charge on any atom is 0.124 e. The number of nitrogens with one attached hydrogen (secondary N) is 1. The lowest BCUT2D eigenvalue weighted by Gasteiger charge is -2.32. The van der Waals surface area contributed by atoms with Gasteiger partial charge in [-0.1, -0.05) is 18.1 Å². The van der Waals surface area contributed by atoms with Crippen LogP contribution >= 0.6 is 0 Å². The lowest BCUT2D eigenvalue weighted by atomic mass is 9.85. The van der Waals surface area contributed by atoms with Crippen LogP contribution in [0.2, 0.25) is 0 Å². The molecule has 0 aliphatic heterocycles. The number of aryl methyl sites for hydroxylation is 1.